The number of halogens is 1. The van der Waals surface area contributed by atoms with Crippen LogP contribution in [-0.4, -0.2) is 58.3 Å². The maximum absolute atomic E-state index is 12.4. The normalized spacial score (nSPS) is 16.8. The highest BCUT2D eigenvalue weighted by Gasteiger charge is 2.24. The Morgan fingerprint density at radius 2 is 2.00 bits per heavy atom. The number of aromatic nitrogens is 4. The molecule has 3 heterocycles. The molecule has 1 saturated heterocycles. The van der Waals surface area contributed by atoms with Crippen LogP contribution in [0.3, 0.4) is 0 Å². The number of carbonyl (C=O) groups excluding carboxylic acids is 1. The van der Waals surface area contributed by atoms with Crippen molar-refractivity contribution in [3.8, 4) is 17.1 Å². The lowest BCUT2D eigenvalue weighted by molar-refractivity contribution is -0.121. The maximum atomic E-state index is 12.4. The summed E-state index contributed by atoms with van der Waals surface area (Å²) in [6.07, 6.45) is 0. The third-order valence-corrected chi connectivity index (χ3v) is 5.48. The Labute approximate surface area is 182 Å². The lowest BCUT2D eigenvalue weighted by atomic mass is 10.2. The van der Waals surface area contributed by atoms with E-state index >= 15 is 0 Å². The van der Waals surface area contributed by atoms with Crippen LogP contribution >= 0.6 is 11.6 Å². The molecule has 5 rings (SSSR count). The van der Waals surface area contributed by atoms with Crippen LogP contribution in [0.2, 0.25) is 5.02 Å². The predicted molar refractivity (Wildman–Crippen MR) is 119 cm³/mol. The third kappa shape index (κ3) is 3.62. The zero-order valence-electron chi connectivity index (χ0n) is 16.7. The number of methoxy groups -OCH3 is 1. The Bertz CT molecular complexity index is 1270. The van der Waals surface area contributed by atoms with Crippen molar-refractivity contribution in [1.29, 1.82) is 0 Å². The fourth-order valence-electron chi connectivity index (χ4n) is 3.57. The van der Waals surface area contributed by atoms with Gasteiger partial charge in [0.15, 0.2) is 11.5 Å². The van der Waals surface area contributed by atoms with Gasteiger partial charge in [0.2, 0.25) is 11.9 Å². The second-order valence-electron chi connectivity index (χ2n) is 7.16. The van der Waals surface area contributed by atoms with E-state index in [0.29, 0.717) is 53.0 Å². The molecule has 31 heavy (non-hydrogen) atoms. The lowest BCUT2D eigenvalue weighted by Gasteiger charge is -2.16. The first kappa shape index (κ1) is 19.5. The molecule has 0 bridgehead atoms. The summed E-state index contributed by atoms with van der Waals surface area (Å²) in [5, 5.41) is 15.2. The molecule has 10 heteroatoms. The van der Waals surface area contributed by atoms with Crippen molar-refractivity contribution in [3.05, 3.63) is 47.5 Å². The van der Waals surface area contributed by atoms with Gasteiger partial charge in [0, 0.05) is 25.2 Å². The number of nitrogens with one attached hydrogen (secondary N) is 3. The van der Waals surface area contributed by atoms with E-state index in [1.807, 2.05) is 36.4 Å². The average molecular weight is 438 g/mol. The second-order valence-corrected chi connectivity index (χ2v) is 7.57. The van der Waals surface area contributed by atoms with Crippen LogP contribution < -0.4 is 20.7 Å². The highest BCUT2D eigenvalue weighted by Crippen LogP contribution is 2.30. The van der Waals surface area contributed by atoms with Gasteiger partial charge in [-0.15, -0.1) is 5.10 Å². The molecular formula is C21H20ClN7O2. The number of carbonyl (C=O) groups is 1. The Balaban J connectivity index is 1.66. The Morgan fingerprint density at radius 1 is 1.16 bits per heavy atom. The SMILES string of the molecule is COc1ccc(-c2nc3c4c(Cl)cccc4nc(N[C@@H]4CNCCNC4=O)n3n2)cc1. The van der Waals surface area contributed by atoms with Crippen LogP contribution in [0, 0.1) is 0 Å². The average Bonchev–Trinajstić information content (AvgIpc) is 3.13. The number of anilines is 1. The van der Waals surface area contributed by atoms with Crippen molar-refractivity contribution in [3.63, 3.8) is 0 Å². The zero-order valence-corrected chi connectivity index (χ0v) is 17.5. The van der Waals surface area contributed by atoms with E-state index in [1.165, 1.54) is 0 Å². The molecule has 0 radical (unpaired) electrons. The lowest BCUT2D eigenvalue weighted by Crippen LogP contribution is -2.42. The van der Waals surface area contributed by atoms with Crippen LogP contribution in [0.15, 0.2) is 42.5 Å². The first-order chi connectivity index (χ1) is 15.1. The minimum Gasteiger partial charge on any atom is -0.497 e. The molecule has 2 aromatic carbocycles. The third-order valence-electron chi connectivity index (χ3n) is 5.17. The number of hydrogen-bond acceptors (Lipinski definition) is 7. The minimum absolute atomic E-state index is 0.0957. The molecule has 0 saturated carbocycles. The van der Waals surface area contributed by atoms with E-state index in [4.69, 9.17) is 26.3 Å². The van der Waals surface area contributed by atoms with Gasteiger partial charge < -0.3 is 20.7 Å². The molecule has 0 aliphatic carbocycles. The van der Waals surface area contributed by atoms with Crippen molar-refractivity contribution in [1.82, 2.24) is 30.2 Å². The van der Waals surface area contributed by atoms with E-state index in [0.717, 1.165) is 11.3 Å². The molecule has 2 aromatic heterocycles. The van der Waals surface area contributed by atoms with Gasteiger partial charge in [0.25, 0.3) is 0 Å². The highest BCUT2D eigenvalue weighted by atomic mass is 35.5. The molecule has 0 spiro atoms. The number of nitrogens with zero attached hydrogens (tertiary/aromatic N) is 4. The van der Waals surface area contributed by atoms with Crippen LogP contribution in [0.4, 0.5) is 5.95 Å². The quantitative estimate of drug-likeness (QED) is 0.449. The largest absolute Gasteiger partial charge is 0.497 e. The highest BCUT2D eigenvalue weighted by molar-refractivity contribution is 6.36. The molecule has 1 fully saturated rings. The predicted octanol–water partition coefficient (Wildman–Crippen LogP) is 2.11. The fourth-order valence-corrected chi connectivity index (χ4v) is 3.83. The number of amides is 1. The fraction of sp³-hybridized carbons (Fsp3) is 0.238. The second kappa shape index (κ2) is 8.01. The Kier molecular flexibility index (Phi) is 5.05. The smallest absolute Gasteiger partial charge is 0.243 e. The molecule has 158 valence electrons. The van der Waals surface area contributed by atoms with Crippen molar-refractivity contribution < 1.29 is 9.53 Å². The van der Waals surface area contributed by atoms with Gasteiger partial charge in [0.05, 0.1) is 23.0 Å². The van der Waals surface area contributed by atoms with Gasteiger partial charge in [-0.05, 0) is 36.4 Å². The monoisotopic (exact) mass is 437 g/mol. The summed E-state index contributed by atoms with van der Waals surface area (Å²) in [5.41, 5.74) is 2.05. The van der Waals surface area contributed by atoms with Gasteiger partial charge in [-0.1, -0.05) is 17.7 Å². The molecule has 0 unspecified atom stereocenters. The maximum Gasteiger partial charge on any atom is 0.243 e. The molecule has 4 aromatic rings. The van der Waals surface area contributed by atoms with E-state index < -0.39 is 6.04 Å². The minimum atomic E-state index is -0.497. The van der Waals surface area contributed by atoms with Gasteiger partial charge >= 0.3 is 0 Å². The number of fused-ring (bicyclic) bond motifs is 3. The van der Waals surface area contributed by atoms with Gasteiger partial charge in [0.1, 0.15) is 11.8 Å². The summed E-state index contributed by atoms with van der Waals surface area (Å²) in [6, 6.07) is 12.5. The van der Waals surface area contributed by atoms with Crippen LogP contribution in [0.5, 0.6) is 5.75 Å². The molecule has 1 aliphatic heterocycles. The molecular weight excluding hydrogens is 418 g/mol. The summed E-state index contributed by atoms with van der Waals surface area (Å²) in [7, 11) is 1.62. The van der Waals surface area contributed by atoms with Gasteiger partial charge in [-0.3, -0.25) is 4.79 Å². The van der Waals surface area contributed by atoms with Crippen molar-refractivity contribution in [2.24, 2.45) is 0 Å². The molecule has 1 aliphatic rings. The van der Waals surface area contributed by atoms with E-state index in [-0.39, 0.29) is 5.91 Å². The van der Waals surface area contributed by atoms with Crippen LogP contribution in [-0.2, 0) is 4.79 Å². The van der Waals surface area contributed by atoms with Crippen LogP contribution in [0.25, 0.3) is 27.9 Å². The summed E-state index contributed by atoms with van der Waals surface area (Å²) >= 11 is 6.49. The van der Waals surface area contributed by atoms with Crippen LogP contribution in [0.1, 0.15) is 0 Å². The van der Waals surface area contributed by atoms with Crippen molar-refractivity contribution in [2.45, 2.75) is 6.04 Å². The van der Waals surface area contributed by atoms with Crippen molar-refractivity contribution in [2.75, 3.05) is 32.1 Å². The first-order valence-electron chi connectivity index (χ1n) is 9.88. The Morgan fingerprint density at radius 3 is 2.81 bits per heavy atom. The zero-order chi connectivity index (χ0) is 21.4. The summed E-state index contributed by atoms with van der Waals surface area (Å²) in [4.78, 5) is 21.9. The molecule has 9 nitrogen and oxygen atoms in total. The molecule has 3 N–H and O–H groups in total. The number of rotatable bonds is 4. The van der Waals surface area contributed by atoms with E-state index in [1.54, 1.807) is 17.7 Å². The number of benzene rings is 2. The number of hydrogen-bond donors (Lipinski definition) is 3. The van der Waals surface area contributed by atoms with E-state index in [2.05, 4.69) is 21.0 Å². The number of ether oxygens (including phenoxy) is 1. The van der Waals surface area contributed by atoms with Crippen molar-refractivity contribution >= 4 is 40.0 Å². The topological polar surface area (TPSA) is 105 Å². The molecule has 1 atom stereocenters. The summed E-state index contributed by atoms with van der Waals surface area (Å²) < 4.78 is 6.84. The Hall–Kier alpha value is -3.43. The van der Waals surface area contributed by atoms with Gasteiger partial charge in [-0.2, -0.15) is 4.52 Å². The standard InChI is InChI=1S/C21H20ClN7O2/c1-31-13-7-5-12(6-8-13)18-27-19-17-14(22)3-2-4-15(17)25-21(29(19)28-18)26-16-11-23-9-10-24-20(16)30/h2-8,16,23H,9-11H2,1H3,(H,24,30)(H,25,26)/t16-/m1/s1. The van der Waals surface area contributed by atoms with E-state index in [9.17, 15) is 4.79 Å². The summed E-state index contributed by atoms with van der Waals surface area (Å²) in [5.74, 6) is 1.59. The first-order valence-corrected chi connectivity index (χ1v) is 10.3. The van der Waals surface area contributed by atoms with Gasteiger partial charge in [-0.25, -0.2) is 9.97 Å². The summed E-state index contributed by atoms with van der Waals surface area (Å²) in [6.45, 7) is 1.77. The molecule has 1 amide bonds.